The zero-order valence-corrected chi connectivity index (χ0v) is 17.5. The first-order valence-corrected chi connectivity index (χ1v) is 9.89. The lowest BCUT2D eigenvalue weighted by Gasteiger charge is -2.14. The lowest BCUT2D eigenvalue weighted by Crippen LogP contribution is -2.15. The Kier molecular flexibility index (Phi) is 5.84. The van der Waals surface area contributed by atoms with Crippen LogP contribution in [0.1, 0.15) is 16.9 Å². The second-order valence-corrected chi connectivity index (χ2v) is 7.45. The van der Waals surface area contributed by atoms with Crippen molar-refractivity contribution in [3.8, 4) is 17.2 Å². The molecule has 164 valence electrons. The Hall–Kier alpha value is -3.45. The zero-order chi connectivity index (χ0) is 22.9. The van der Waals surface area contributed by atoms with E-state index in [0.717, 1.165) is 5.56 Å². The van der Waals surface area contributed by atoms with Gasteiger partial charge in [0.25, 0.3) is 5.76 Å². The second-order valence-electron chi connectivity index (χ2n) is 7.04. The average molecular weight is 461 g/mol. The summed E-state index contributed by atoms with van der Waals surface area (Å²) in [5.41, 5.74) is 0.392. The van der Waals surface area contributed by atoms with Crippen molar-refractivity contribution >= 4 is 22.6 Å². The molecule has 8 heteroatoms. The molecule has 0 spiro atoms. The van der Waals surface area contributed by atoms with Crippen molar-refractivity contribution in [1.82, 2.24) is 0 Å². The molecule has 0 saturated carbocycles. The molecular formula is C24H16ClF3O4. The molecule has 0 N–H and O–H groups in total. The van der Waals surface area contributed by atoms with Crippen molar-refractivity contribution in [2.24, 2.45) is 0 Å². The summed E-state index contributed by atoms with van der Waals surface area (Å²) in [5.74, 6) is -2.12. The standard InChI is InChI=1S/C24H16ClF3O4/c1-14-6-8-16(9-7-14)31-22-21(29)18-11-10-17(12-20(18)32-23(22)24(26,27)28)30-13-15-4-2-3-5-19(15)25/h2-12H,13H2,1H3. The van der Waals surface area contributed by atoms with Crippen LogP contribution in [0.25, 0.3) is 11.0 Å². The fourth-order valence-corrected chi connectivity index (χ4v) is 3.22. The molecule has 0 aliphatic rings. The van der Waals surface area contributed by atoms with Crippen molar-refractivity contribution in [3.63, 3.8) is 0 Å². The minimum Gasteiger partial charge on any atom is -0.489 e. The van der Waals surface area contributed by atoms with Gasteiger partial charge in [0.15, 0.2) is 0 Å². The van der Waals surface area contributed by atoms with Crippen molar-refractivity contribution in [1.29, 1.82) is 0 Å². The van der Waals surface area contributed by atoms with Crippen LogP contribution in [0.15, 0.2) is 75.9 Å². The number of halogens is 4. The second kappa shape index (κ2) is 8.59. The van der Waals surface area contributed by atoms with Crippen LogP contribution in [-0.2, 0) is 12.8 Å². The van der Waals surface area contributed by atoms with E-state index in [0.29, 0.717) is 10.6 Å². The Balaban J connectivity index is 1.73. The number of benzene rings is 3. The van der Waals surface area contributed by atoms with Crippen molar-refractivity contribution < 1.29 is 27.1 Å². The largest absolute Gasteiger partial charge is 0.489 e. The summed E-state index contributed by atoms with van der Waals surface area (Å²) in [4.78, 5) is 12.9. The molecule has 0 radical (unpaired) electrons. The van der Waals surface area contributed by atoms with Crippen LogP contribution < -0.4 is 14.9 Å². The molecular weight excluding hydrogens is 445 g/mol. The Morgan fingerprint density at radius 2 is 1.66 bits per heavy atom. The highest BCUT2D eigenvalue weighted by Crippen LogP contribution is 2.38. The van der Waals surface area contributed by atoms with E-state index in [1.165, 1.54) is 30.3 Å². The molecule has 0 saturated heterocycles. The predicted molar refractivity (Wildman–Crippen MR) is 115 cm³/mol. The topological polar surface area (TPSA) is 48.7 Å². The average Bonchev–Trinajstić information content (AvgIpc) is 2.75. The Bertz CT molecular complexity index is 1330. The van der Waals surface area contributed by atoms with Crippen LogP contribution in [-0.4, -0.2) is 0 Å². The molecule has 0 unspecified atom stereocenters. The zero-order valence-electron chi connectivity index (χ0n) is 16.7. The summed E-state index contributed by atoms with van der Waals surface area (Å²) in [6, 6.07) is 17.3. The predicted octanol–water partition coefficient (Wildman–Crippen LogP) is 7.14. The molecule has 4 nitrogen and oxygen atoms in total. The Morgan fingerprint density at radius 3 is 2.34 bits per heavy atom. The number of ether oxygens (including phenoxy) is 2. The van der Waals surface area contributed by atoms with Crippen molar-refractivity contribution in [2.75, 3.05) is 0 Å². The van der Waals surface area contributed by atoms with Gasteiger partial charge in [0, 0.05) is 16.7 Å². The number of rotatable bonds is 5. The first kappa shape index (κ1) is 21.8. The van der Waals surface area contributed by atoms with Gasteiger partial charge < -0.3 is 13.9 Å². The molecule has 3 aromatic carbocycles. The highest BCUT2D eigenvalue weighted by molar-refractivity contribution is 6.31. The van der Waals surface area contributed by atoms with E-state index < -0.39 is 23.1 Å². The summed E-state index contributed by atoms with van der Waals surface area (Å²) in [6.45, 7) is 1.91. The summed E-state index contributed by atoms with van der Waals surface area (Å²) in [5, 5.41) is 0.433. The fraction of sp³-hybridized carbons (Fsp3) is 0.125. The number of alkyl halides is 3. The van der Waals surface area contributed by atoms with E-state index in [9.17, 15) is 18.0 Å². The molecule has 0 atom stereocenters. The normalized spacial score (nSPS) is 11.5. The van der Waals surface area contributed by atoms with Gasteiger partial charge in [-0.25, -0.2) is 0 Å². The maximum atomic E-state index is 13.7. The van der Waals surface area contributed by atoms with E-state index in [4.69, 9.17) is 25.5 Å². The number of hydrogen-bond acceptors (Lipinski definition) is 4. The number of aryl methyl sites for hydroxylation is 1. The van der Waals surface area contributed by atoms with E-state index in [1.807, 2.05) is 6.92 Å². The lowest BCUT2D eigenvalue weighted by molar-refractivity contribution is -0.154. The van der Waals surface area contributed by atoms with Gasteiger partial charge in [-0.2, -0.15) is 13.2 Å². The fourth-order valence-electron chi connectivity index (χ4n) is 3.03. The minimum atomic E-state index is -4.94. The Morgan fingerprint density at radius 1 is 0.969 bits per heavy atom. The lowest BCUT2D eigenvalue weighted by atomic mass is 10.2. The van der Waals surface area contributed by atoms with Gasteiger partial charge in [0.2, 0.25) is 11.2 Å². The minimum absolute atomic E-state index is 0.0646. The first-order chi connectivity index (χ1) is 15.2. The first-order valence-electron chi connectivity index (χ1n) is 9.51. The highest BCUT2D eigenvalue weighted by Gasteiger charge is 2.40. The van der Waals surface area contributed by atoms with Crippen molar-refractivity contribution in [3.05, 3.63) is 98.9 Å². The van der Waals surface area contributed by atoms with Gasteiger partial charge >= 0.3 is 6.18 Å². The molecule has 4 aromatic rings. The van der Waals surface area contributed by atoms with Gasteiger partial charge in [-0.15, -0.1) is 0 Å². The highest BCUT2D eigenvalue weighted by atomic mass is 35.5. The third kappa shape index (κ3) is 4.57. The van der Waals surface area contributed by atoms with Gasteiger partial charge in [-0.1, -0.05) is 47.5 Å². The van der Waals surface area contributed by atoms with Crippen LogP contribution in [0, 0.1) is 6.92 Å². The summed E-state index contributed by atoms with van der Waals surface area (Å²) >= 11 is 6.09. The molecule has 0 fully saturated rings. The summed E-state index contributed by atoms with van der Waals surface area (Å²) < 4.78 is 57.1. The van der Waals surface area contributed by atoms with Crippen LogP contribution in [0.4, 0.5) is 13.2 Å². The quantitative estimate of drug-likeness (QED) is 0.317. The molecule has 0 aliphatic carbocycles. The molecule has 32 heavy (non-hydrogen) atoms. The molecule has 1 aromatic heterocycles. The summed E-state index contributed by atoms with van der Waals surface area (Å²) in [7, 11) is 0. The van der Waals surface area contributed by atoms with E-state index in [1.54, 1.807) is 36.4 Å². The van der Waals surface area contributed by atoms with Gasteiger partial charge in [-0.05, 0) is 37.3 Å². The van der Waals surface area contributed by atoms with Crippen LogP contribution in [0.5, 0.6) is 17.2 Å². The third-order valence-electron chi connectivity index (χ3n) is 4.67. The van der Waals surface area contributed by atoms with E-state index in [2.05, 4.69) is 0 Å². The van der Waals surface area contributed by atoms with Crippen LogP contribution in [0.2, 0.25) is 5.02 Å². The van der Waals surface area contributed by atoms with Gasteiger partial charge in [0.05, 0.1) is 5.39 Å². The smallest absolute Gasteiger partial charge is 0.453 e. The molecule has 4 rings (SSSR count). The van der Waals surface area contributed by atoms with E-state index >= 15 is 0 Å². The molecule has 0 amide bonds. The van der Waals surface area contributed by atoms with E-state index in [-0.39, 0.29) is 29.1 Å². The SMILES string of the molecule is Cc1ccc(Oc2c(C(F)(F)F)oc3cc(OCc4ccccc4Cl)ccc3c2=O)cc1. The number of hydrogen-bond donors (Lipinski definition) is 0. The molecule has 1 heterocycles. The Labute approximate surface area is 185 Å². The molecule has 0 aliphatic heterocycles. The van der Waals surface area contributed by atoms with Crippen LogP contribution in [0.3, 0.4) is 0 Å². The molecule has 0 bridgehead atoms. The maximum Gasteiger partial charge on any atom is 0.453 e. The maximum absolute atomic E-state index is 13.7. The van der Waals surface area contributed by atoms with Gasteiger partial charge in [0.1, 0.15) is 23.7 Å². The third-order valence-corrected chi connectivity index (χ3v) is 5.04. The van der Waals surface area contributed by atoms with Crippen LogP contribution >= 0.6 is 11.6 Å². The monoisotopic (exact) mass is 460 g/mol. The van der Waals surface area contributed by atoms with Crippen molar-refractivity contribution in [2.45, 2.75) is 19.7 Å². The van der Waals surface area contributed by atoms with Gasteiger partial charge in [-0.3, -0.25) is 4.79 Å². The number of fused-ring (bicyclic) bond motifs is 1. The summed E-state index contributed by atoms with van der Waals surface area (Å²) in [6.07, 6.45) is -4.94.